The number of likely N-dealkylation sites (tertiary alicyclic amines) is 1. The molecule has 1 unspecified atom stereocenters. The predicted octanol–water partition coefficient (Wildman–Crippen LogP) is 1.12. The summed E-state index contributed by atoms with van der Waals surface area (Å²) >= 11 is 0. The van der Waals surface area contributed by atoms with Gasteiger partial charge in [-0.1, -0.05) is 0 Å². The van der Waals surface area contributed by atoms with Crippen LogP contribution in [-0.2, 0) is 11.3 Å². The summed E-state index contributed by atoms with van der Waals surface area (Å²) in [6, 6.07) is 0.265. The molecule has 1 fully saturated rings. The molecule has 0 bridgehead atoms. The molecule has 0 aromatic carbocycles. The van der Waals surface area contributed by atoms with E-state index in [1.807, 2.05) is 11.9 Å². The Bertz CT molecular complexity index is 534. The third-order valence-electron chi connectivity index (χ3n) is 3.85. The Morgan fingerprint density at radius 2 is 2.32 bits per heavy atom. The SMILES string of the molecule is CNCC1CCCN1C(=O)CCn1cc([N+](=O)[O-])nc1C.Cl. The number of carbonyl (C=O) groups excluding carboxylic acids is 1. The van der Waals surface area contributed by atoms with E-state index < -0.39 is 4.92 Å². The number of nitrogens with one attached hydrogen (secondary N) is 1. The number of nitrogens with zero attached hydrogens (tertiary/aromatic N) is 4. The lowest BCUT2D eigenvalue weighted by molar-refractivity contribution is -0.389. The van der Waals surface area contributed by atoms with Gasteiger partial charge in [0.25, 0.3) is 0 Å². The van der Waals surface area contributed by atoms with Crippen LogP contribution < -0.4 is 5.32 Å². The quantitative estimate of drug-likeness (QED) is 0.623. The van der Waals surface area contributed by atoms with Gasteiger partial charge in [0.1, 0.15) is 6.20 Å². The number of aryl methyl sites for hydroxylation is 2. The van der Waals surface area contributed by atoms with Crippen molar-refractivity contribution in [1.82, 2.24) is 19.8 Å². The Labute approximate surface area is 135 Å². The molecule has 22 heavy (non-hydrogen) atoms. The first kappa shape index (κ1) is 18.4. The molecule has 1 aromatic heterocycles. The number of likely N-dealkylation sites (N-methyl/N-ethyl adjacent to an activating group) is 1. The van der Waals surface area contributed by atoms with E-state index in [9.17, 15) is 14.9 Å². The number of rotatable bonds is 6. The van der Waals surface area contributed by atoms with Crippen molar-refractivity contribution in [2.45, 2.75) is 38.8 Å². The second-order valence-corrected chi connectivity index (χ2v) is 5.29. The van der Waals surface area contributed by atoms with Crippen LogP contribution in [0.4, 0.5) is 5.82 Å². The number of carbonyl (C=O) groups is 1. The summed E-state index contributed by atoms with van der Waals surface area (Å²) in [6.45, 7) is 3.74. The summed E-state index contributed by atoms with van der Waals surface area (Å²) in [5, 5.41) is 13.8. The van der Waals surface area contributed by atoms with Crippen molar-refractivity contribution in [3.05, 3.63) is 22.1 Å². The van der Waals surface area contributed by atoms with E-state index in [1.165, 1.54) is 6.20 Å². The summed E-state index contributed by atoms with van der Waals surface area (Å²) in [7, 11) is 1.88. The van der Waals surface area contributed by atoms with Gasteiger partial charge >= 0.3 is 5.82 Å². The van der Waals surface area contributed by atoms with Crippen LogP contribution in [0.25, 0.3) is 0 Å². The lowest BCUT2D eigenvalue weighted by Gasteiger charge is -2.24. The Balaban J connectivity index is 0.00000242. The monoisotopic (exact) mass is 331 g/mol. The Kier molecular flexibility index (Phi) is 6.76. The number of amides is 1. The highest BCUT2D eigenvalue weighted by atomic mass is 35.5. The van der Waals surface area contributed by atoms with E-state index >= 15 is 0 Å². The minimum atomic E-state index is -0.519. The average molecular weight is 332 g/mol. The van der Waals surface area contributed by atoms with Gasteiger partial charge in [-0.25, -0.2) is 0 Å². The number of imidazole rings is 1. The van der Waals surface area contributed by atoms with Gasteiger partial charge in [-0.15, -0.1) is 12.4 Å². The van der Waals surface area contributed by atoms with Gasteiger partial charge in [-0.2, -0.15) is 0 Å². The van der Waals surface area contributed by atoms with Crippen LogP contribution >= 0.6 is 12.4 Å². The van der Waals surface area contributed by atoms with Crippen molar-refractivity contribution in [2.24, 2.45) is 0 Å². The highest BCUT2D eigenvalue weighted by molar-refractivity contribution is 5.85. The normalized spacial score (nSPS) is 17.4. The molecule has 1 aliphatic heterocycles. The van der Waals surface area contributed by atoms with E-state index in [4.69, 9.17) is 0 Å². The minimum Gasteiger partial charge on any atom is -0.358 e. The van der Waals surface area contributed by atoms with E-state index in [1.54, 1.807) is 11.5 Å². The van der Waals surface area contributed by atoms with Crippen molar-refractivity contribution in [2.75, 3.05) is 20.1 Å². The first-order valence-corrected chi connectivity index (χ1v) is 7.15. The van der Waals surface area contributed by atoms with E-state index in [0.29, 0.717) is 18.8 Å². The maximum absolute atomic E-state index is 12.3. The van der Waals surface area contributed by atoms with E-state index in [2.05, 4.69) is 10.3 Å². The Morgan fingerprint density at radius 3 is 2.91 bits per heavy atom. The summed E-state index contributed by atoms with van der Waals surface area (Å²) in [4.78, 5) is 28.2. The van der Waals surface area contributed by atoms with Gasteiger partial charge < -0.3 is 24.9 Å². The van der Waals surface area contributed by atoms with Crippen molar-refractivity contribution in [3.8, 4) is 0 Å². The molecule has 124 valence electrons. The van der Waals surface area contributed by atoms with E-state index in [0.717, 1.165) is 25.9 Å². The zero-order chi connectivity index (χ0) is 15.4. The molecule has 1 aromatic rings. The molecule has 1 atom stereocenters. The fourth-order valence-electron chi connectivity index (χ4n) is 2.78. The molecule has 0 spiro atoms. The summed E-state index contributed by atoms with van der Waals surface area (Å²) < 4.78 is 1.67. The summed E-state index contributed by atoms with van der Waals surface area (Å²) in [5.74, 6) is 0.486. The van der Waals surface area contributed by atoms with Crippen LogP contribution in [0, 0.1) is 17.0 Å². The lowest BCUT2D eigenvalue weighted by atomic mass is 10.2. The zero-order valence-electron chi connectivity index (χ0n) is 12.8. The standard InChI is InChI=1S/C13H21N5O3.ClH/c1-10-15-12(18(20)21)9-16(10)7-5-13(19)17-6-3-4-11(17)8-14-2;/h9,11,14H,3-8H2,1-2H3;1H. The maximum Gasteiger partial charge on any atom is 0.381 e. The molecule has 0 radical (unpaired) electrons. The number of hydrogen-bond acceptors (Lipinski definition) is 5. The van der Waals surface area contributed by atoms with Crippen molar-refractivity contribution in [1.29, 1.82) is 0 Å². The largest absolute Gasteiger partial charge is 0.381 e. The number of nitro groups is 1. The summed E-state index contributed by atoms with van der Waals surface area (Å²) in [5.41, 5.74) is 0. The molecule has 0 saturated carbocycles. The molecule has 1 aliphatic rings. The van der Waals surface area contributed by atoms with Crippen molar-refractivity contribution in [3.63, 3.8) is 0 Å². The van der Waals surface area contributed by atoms with Crippen molar-refractivity contribution >= 4 is 24.1 Å². The minimum absolute atomic E-state index is 0. The van der Waals surface area contributed by atoms with Crippen LogP contribution in [0.5, 0.6) is 0 Å². The van der Waals surface area contributed by atoms with Crippen LogP contribution in [0.1, 0.15) is 25.1 Å². The second-order valence-electron chi connectivity index (χ2n) is 5.29. The molecule has 9 heteroatoms. The maximum atomic E-state index is 12.3. The molecule has 1 N–H and O–H groups in total. The third-order valence-corrected chi connectivity index (χ3v) is 3.85. The fraction of sp³-hybridized carbons (Fsp3) is 0.692. The number of hydrogen-bond donors (Lipinski definition) is 1. The molecule has 0 aliphatic carbocycles. The molecule has 2 rings (SSSR count). The summed E-state index contributed by atoms with van der Waals surface area (Å²) in [6.07, 6.45) is 3.79. The lowest BCUT2D eigenvalue weighted by Crippen LogP contribution is -2.41. The molecule has 1 amide bonds. The first-order chi connectivity index (χ1) is 10.0. The Morgan fingerprint density at radius 1 is 1.59 bits per heavy atom. The second kappa shape index (κ2) is 8.09. The van der Waals surface area contributed by atoms with Gasteiger partial charge in [0.2, 0.25) is 11.7 Å². The molecule has 8 nitrogen and oxygen atoms in total. The topological polar surface area (TPSA) is 93.3 Å². The molecule has 2 heterocycles. The van der Waals surface area contributed by atoms with Crippen LogP contribution in [0.15, 0.2) is 6.20 Å². The van der Waals surface area contributed by atoms with Gasteiger partial charge in [-0.05, 0) is 29.8 Å². The average Bonchev–Trinajstić information content (AvgIpc) is 3.03. The Hall–Kier alpha value is -1.67. The molecule has 1 saturated heterocycles. The predicted molar refractivity (Wildman–Crippen MR) is 84.1 cm³/mol. The third kappa shape index (κ3) is 4.17. The van der Waals surface area contributed by atoms with Crippen LogP contribution in [-0.4, -0.2) is 51.5 Å². The molecular weight excluding hydrogens is 310 g/mol. The molecular formula is C13H22ClN5O3. The van der Waals surface area contributed by atoms with E-state index in [-0.39, 0.29) is 30.2 Å². The first-order valence-electron chi connectivity index (χ1n) is 7.15. The highest BCUT2D eigenvalue weighted by Crippen LogP contribution is 2.18. The number of halogens is 1. The van der Waals surface area contributed by atoms with Crippen LogP contribution in [0.2, 0.25) is 0 Å². The number of aromatic nitrogens is 2. The van der Waals surface area contributed by atoms with Gasteiger partial charge in [0.15, 0.2) is 0 Å². The highest BCUT2D eigenvalue weighted by Gasteiger charge is 2.28. The van der Waals surface area contributed by atoms with Crippen molar-refractivity contribution < 1.29 is 9.72 Å². The fourth-order valence-corrected chi connectivity index (χ4v) is 2.78. The smallest absolute Gasteiger partial charge is 0.358 e. The zero-order valence-corrected chi connectivity index (χ0v) is 13.6. The van der Waals surface area contributed by atoms with Crippen LogP contribution in [0.3, 0.4) is 0 Å². The van der Waals surface area contributed by atoms with Gasteiger partial charge in [-0.3, -0.25) is 4.79 Å². The van der Waals surface area contributed by atoms with Gasteiger partial charge in [0, 0.05) is 39.0 Å². The van der Waals surface area contributed by atoms with Gasteiger partial charge in [0.05, 0.1) is 0 Å².